The van der Waals surface area contributed by atoms with Crippen LogP contribution in [0.25, 0.3) is 0 Å². The van der Waals surface area contributed by atoms with Crippen molar-refractivity contribution < 1.29 is 17.9 Å². The molecule has 0 aliphatic carbocycles. The molecule has 1 aromatic heterocycles. The summed E-state index contributed by atoms with van der Waals surface area (Å²) in [7, 11) is -1.90. The van der Waals surface area contributed by atoms with Gasteiger partial charge in [-0.1, -0.05) is 6.42 Å². The molecular formula is C12H18N2O4S. The van der Waals surface area contributed by atoms with Crippen LogP contribution in [0.4, 0.5) is 0 Å². The van der Waals surface area contributed by atoms with Gasteiger partial charge >= 0.3 is 0 Å². The van der Waals surface area contributed by atoms with Gasteiger partial charge in [0.25, 0.3) is 0 Å². The van der Waals surface area contributed by atoms with E-state index in [1.807, 2.05) is 6.92 Å². The summed E-state index contributed by atoms with van der Waals surface area (Å²) >= 11 is 0. The van der Waals surface area contributed by atoms with Crippen molar-refractivity contribution in [3.63, 3.8) is 0 Å². The second-order valence-electron chi connectivity index (χ2n) is 4.59. The van der Waals surface area contributed by atoms with Crippen molar-refractivity contribution in [2.45, 2.75) is 38.0 Å². The van der Waals surface area contributed by atoms with Gasteiger partial charge in [0.2, 0.25) is 5.78 Å². The van der Waals surface area contributed by atoms with Gasteiger partial charge < -0.3 is 4.74 Å². The third-order valence-corrected chi connectivity index (χ3v) is 5.60. The maximum Gasteiger partial charge on any atom is 0.202 e. The summed E-state index contributed by atoms with van der Waals surface area (Å²) in [6.45, 7) is 2.34. The molecule has 0 N–H and O–H groups in total. The zero-order valence-electron chi connectivity index (χ0n) is 11.1. The van der Waals surface area contributed by atoms with Crippen molar-refractivity contribution in [3.05, 3.63) is 11.9 Å². The van der Waals surface area contributed by atoms with Crippen molar-refractivity contribution in [1.82, 2.24) is 9.78 Å². The topological polar surface area (TPSA) is 78.3 Å². The average molecular weight is 286 g/mol. The molecule has 0 amide bonds. The van der Waals surface area contributed by atoms with Crippen molar-refractivity contribution in [2.75, 3.05) is 12.9 Å². The molecule has 1 aliphatic heterocycles. The number of aromatic nitrogens is 2. The third-order valence-electron chi connectivity index (χ3n) is 3.43. The van der Waals surface area contributed by atoms with E-state index >= 15 is 0 Å². The highest BCUT2D eigenvalue weighted by Gasteiger charge is 2.38. The van der Waals surface area contributed by atoms with E-state index in [4.69, 9.17) is 4.74 Å². The van der Waals surface area contributed by atoms with Gasteiger partial charge in [-0.3, -0.25) is 9.48 Å². The summed E-state index contributed by atoms with van der Waals surface area (Å²) in [6.07, 6.45) is 3.24. The Balaban J connectivity index is 2.41. The van der Waals surface area contributed by atoms with Gasteiger partial charge in [0.05, 0.1) is 19.1 Å². The highest BCUT2D eigenvalue weighted by atomic mass is 32.2. The number of hydrogen-bond acceptors (Lipinski definition) is 5. The predicted octanol–water partition coefficient (Wildman–Crippen LogP) is 1.06. The van der Waals surface area contributed by atoms with Crippen LogP contribution in [0.1, 0.15) is 36.7 Å². The van der Waals surface area contributed by atoms with Crippen LogP contribution in [0.3, 0.4) is 0 Å². The van der Waals surface area contributed by atoms with Crippen molar-refractivity contribution >= 4 is 15.6 Å². The van der Waals surface area contributed by atoms with Crippen LogP contribution < -0.4 is 4.74 Å². The number of rotatable bonds is 4. The molecule has 0 spiro atoms. The lowest BCUT2D eigenvalue weighted by Crippen LogP contribution is -2.36. The van der Waals surface area contributed by atoms with E-state index in [0.717, 1.165) is 6.42 Å². The Kier molecular flexibility index (Phi) is 3.93. The first kappa shape index (κ1) is 14.0. The van der Waals surface area contributed by atoms with Gasteiger partial charge in [-0.25, -0.2) is 8.42 Å². The molecule has 1 aliphatic rings. The van der Waals surface area contributed by atoms with Crippen LogP contribution >= 0.6 is 0 Å². The van der Waals surface area contributed by atoms with Gasteiger partial charge in [0, 0.05) is 6.54 Å². The smallest absolute Gasteiger partial charge is 0.202 e. The van der Waals surface area contributed by atoms with Crippen LogP contribution in [-0.4, -0.2) is 42.1 Å². The molecular weight excluding hydrogens is 268 g/mol. The van der Waals surface area contributed by atoms with Crippen molar-refractivity contribution in [1.29, 1.82) is 0 Å². The summed E-state index contributed by atoms with van der Waals surface area (Å²) in [5.41, 5.74) is 0.264. The first-order valence-electron chi connectivity index (χ1n) is 6.36. The molecule has 6 nitrogen and oxygen atoms in total. The van der Waals surface area contributed by atoms with Gasteiger partial charge in [-0.05, 0) is 19.8 Å². The van der Waals surface area contributed by atoms with Gasteiger partial charge in [0.15, 0.2) is 15.6 Å². The number of carbonyl (C=O) groups excluding carboxylic acids is 1. The third kappa shape index (κ3) is 2.51. The van der Waals surface area contributed by atoms with Crippen LogP contribution in [0, 0.1) is 0 Å². The van der Waals surface area contributed by atoms with Crippen LogP contribution in [0.2, 0.25) is 0 Å². The molecule has 2 rings (SSSR count). The lowest BCUT2D eigenvalue weighted by molar-refractivity contribution is 0.0968. The minimum atomic E-state index is -3.34. The second kappa shape index (κ2) is 5.32. The van der Waals surface area contributed by atoms with E-state index in [9.17, 15) is 13.2 Å². The number of Topliss-reactive ketones (excluding diaryl/α,β-unsaturated/α-hetero) is 1. The monoisotopic (exact) mass is 286 g/mol. The molecule has 0 saturated carbocycles. The number of sulfone groups is 1. The lowest BCUT2D eigenvalue weighted by atomic mass is 10.1. The predicted molar refractivity (Wildman–Crippen MR) is 70.2 cm³/mol. The van der Waals surface area contributed by atoms with E-state index in [0.29, 0.717) is 25.1 Å². The number of ether oxygens (including phenoxy) is 1. The van der Waals surface area contributed by atoms with Crippen LogP contribution in [-0.2, 0) is 16.4 Å². The molecule has 1 atom stereocenters. The second-order valence-corrected chi connectivity index (χ2v) is 6.90. The Morgan fingerprint density at radius 3 is 2.84 bits per heavy atom. The molecule has 7 heteroatoms. The fourth-order valence-electron chi connectivity index (χ4n) is 2.41. The van der Waals surface area contributed by atoms with E-state index in [1.54, 1.807) is 0 Å². The van der Waals surface area contributed by atoms with Crippen molar-refractivity contribution in [3.8, 4) is 5.75 Å². The highest BCUT2D eigenvalue weighted by molar-refractivity contribution is 7.92. The Bertz CT molecular complexity index is 555. The maximum absolute atomic E-state index is 12.5. The molecule has 2 heterocycles. The van der Waals surface area contributed by atoms with E-state index in [2.05, 4.69) is 5.10 Å². The summed E-state index contributed by atoms with van der Waals surface area (Å²) in [5.74, 6) is 0.0370. The maximum atomic E-state index is 12.5. The van der Waals surface area contributed by atoms with Crippen LogP contribution in [0.15, 0.2) is 6.20 Å². The Hall–Kier alpha value is -1.37. The van der Waals surface area contributed by atoms with E-state index < -0.39 is 20.9 Å². The summed E-state index contributed by atoms with van der Waals surface area (Å²) in [6, 6.07) is 0. The SMILES string of the molecule is CCn1ncc(OC)c1C(=O)C1CCCCS1(=O)=O. The zero-order chi connectivity index (χ0) is 14.0. The first-order chi connectivity index (χ1) is 9.01. The number of hydrogen-bond donors (Lipinski definition) is 0. The van der Waals surface area contributed by atoms with Crippen LogP contribution in [0.5, 0.6) is 5.75 Å². The Morgan fingerprint density at radius 1 is 1.53 bits per heavy atom. The molecule has 0 radical (unpaired) electrons. The normalized spacial score (nSPS) is 22.1. The van der Waals surface area contributed by atoms with Gasteiger partial charge in [-0.15, -0.1) is 0 Å². The molecule has 106 valence electrons. The van der Waals surface area contributed by atoms with Gasteiger partial charge in [-0.2, -0.15) is 5.10 Å². The summed E-state index contributed by atoms with van der Waals surface area (Å²) < 4.78 is 30.7. The number of nitrogens with zero attached hydrogens (tertiary/aromatic N) is 2. The number of carbonyl (C=O) groups is 1. The number of methoxy groups -OCH3 is 1. The fourth-order valence-corrected chi connectivity index (χ4v) is 4.26. The fraction of sp³-hybridized carbons (Fsp3) is 0.667. The molecule has 1 unspecified atom stereocenters. The average Bonchev–Trinajstić information content (AvgIpc) is 2.80. The molecule has 0 aromatic carbocycles. The van der Waals surface area contributed by atoms with Gasteiger partial charge in [0.1, 0.15) is 10.9 Å². The Morgan fingerprint density at radius 2 is 2.26 bits per heavy atom. The molecule has 19 heavy (non-hydrogen) atoms. The minimum Gasteiger partial charge on any atom is -0.493 e. The summed E-state index contributed by atoms with van der Waals surface area (Å²) in [4.78, 5) is 12.5. The quantitative estimate of drug-likeness (QED) is 0.773. The molecule has 1 saturated heterocycles. The minimum absolute atomic E-state index is 0.0893. The standard InChI is InChI=1S/C12H18N2O4S/c1-3-14-11(9(18-2)8-13-14)12(15)10-6-4-5-7-19(10,16)17/h8,10H,3-7H2,1-2H3. The zero-order valence-corrected chi connectivity index (χ0v) is 11.9. The van der Waals surface area contributed by atoms with Crippen molar-refractivity contribution in [2.24, 2.45) is 0 Å². The number of aryl methyl sites for hydroxylation is 1. The first-order valence-corrected chi connectivity index (χ1v) is 8.08. The highest BCUT2D eigenvalue weighted by Crippen LogP contribution is 2.27. The lowest BCUT2D eigenvalue weighted by Gasteiger charge is -2.21. The Labute approximate surface area is 112 Å². The number of ketones is 1. The largest absolute Gasteiger partial charge is 0.493 e. The molecule has 1 fully saturated rings. The van der Waals surface area contributed by atoms with E-state index in [1.165, 1.54) is 18.0 Å². The summed E-state index contributed by atoms with van der Waals surface area (Å²) in [5, 5.41) is 3.10. The molecule has 0 bridgehead atoms. The molecule has 1 aromatic rings. The van der Waals surface area contributed by atoms with E-state index in [-0.39, 0.29) is 11.4 Å².